The molecular weight excluding hydrogens is 889 g/mol. The van der Waals surface area contributed by atoms with Crippen LogP contribution in [0, 0.1) is 5.92 Å². The van der Waals surface area contributed by atoms with Gasteiger partial charge in [-0.2, -0.15) is 0 Å². The number of rotatable bonds is 28. The first kappa shape index (κ1) is 57.1. The number of aliphatic hydroxyl groups is 2. The van der Waals surface area contributed by atoms with E-state index in [4.69, 9.17) is 16.6 Å². The third-order valence-corrected chi connectivity index (χ3v) is 11.2. The fourth-order valence-corrected chi connectivity index (χ4v) is 7.60. The number of hydrogen-bond acceptors (Lipinski definition) is 15. The van der Waals surface area contributed by atoms with Gasteiger partial charge in [-0.25, -0.2) is 4.79 Å². The van der Waals surface area contributed by atoms with Gasteiger partial charge in [0.1, 0.15) is 48.3 Å². The molecule has 10 atom stereocenters. The van der Waals surface area contributed by atoms with E-state index in [2.05, 4.69) is 31.9 Å². The summed E-state index contributed by atoms with van der Waals surface area (Å²) in [5.74, 6) is -11.7. The number of carbonyl (C=O) groups is 11. The summed E-state index contributed by atoms with van der Waals surface area (Å²) < 4.78 is 0. The van der Waals surface area contributed by atoms with Crippen molar-refractivity contribution in [1.82, 2.24) is 41.7 Å². The Hall–Kier alpha value is -5.99. The topological polar surface area (TPSA) is 420 Å². The van der Waals surface area contributed by atoms with Crippen molar-refractivity contribution in [2.24, 2.45) is 17.4 Å². The van der Waals surface area contributed by atoms with E-state index >= 15 is 0 Å². The van der Waals surface area contributed by atoms with Crippen molar-refractivity contribution in [2.45, 2.75) is 159 Å². The fraction of sp³-hybridized carbons (Fsp3) is 0.732. The maximum atomic E-state index is 14.0. The number of nitrogens with zero attached hydrogens (tertiary/aromatic N) is 2. The van der Waals surface area contributed by atoms with Crippen LogP contribution in [0.1, 0.15) is 98.3 Å². The molecule has 67 heavy (non-hydrogen) atoms. The number of carboxylic acid groups (broad SMARTS) is 3. The monoisotopic (exact) mass is 956 g/mol. The molecule has 0 radical (unpaired) electrons. The molecule has 0 saturated carbocycles. The van der Waals surface area contributed by atoms with Crippen LogP contribution in [0.2, 0.25) is 0 Å². The summed E-state index contributed by atoms with van der Waals surface area (Å²) in [6, 6.07) is -12.8. The van der Waals surface area contributed by atoms with E-state index in [0.29, 0.717) is 25.8 Å². The molecule has 0 aliphatic carbocycles. The minimum atomic E-state index is -1.80. The normalized spacial score (nSPS) is 19.4. The summed E-state index contributed by atoms with van der Waals surface area (Å²) in [5, 5.41) is 62.8. The summed E-state index contributed by atoms with van der Waals surface area (Å²) in [7, 11) is 0. The predicted octanol–water partition coefficient (Wildman–Crippen LogP) is -4.80. The zero-order valence-electron chi connectivity index (χ0n) is 38.2. The number of nitrogens with two attached hydrogens (primary N) is 2. The molecule has 2 fully saturated rings. The van der Waals surface area contributed by atoms with Crippen LogP contribution < -0.4 is 43.4 Å². The Labute approximate surface area is 387 Å². The van der Waals surface area contributed by atoms with Crippen LogP contribution in [0.4, 0.5) is 0 Å². The van der Waals surface area contributed by atoms with E-state index in [9.17, 15) is 73.2 Å². The van der Waals surface area contributed by atoms with Gasteiger partial charge in [0.25, 0.3) is 0 Å². The van der Waals surface area contributed by atoms with Crippen molar-refractivity contribution in [3.63, 3.8) is 0 Å². The number of amides is 8. The lowest BCUT2D eigenvalue weighted by atomic mass is 10.0. The lowest BCUT2D eigenvalue weighted by molar-refractivity contribution is -0.146. The van der Waals surface area contributed by atoms with Gasteiger partial charge in [0, 0.05) is 19.5 Å². The Morgan fingerprint density at radius 2 is 1.16 bits per heavy atom. The number of hydrogen-bond donors (Lipinski definition) is 13. The second kappa shape index (κ2) is 27.6. The molecule has 2 saturated heterocycles. The second-order valence-corrected chi connectivity index (χ2v) is 17.2. The number of aliphatic carboxylic acids is 3. The minimum Gasteiger partial charge on any atom is -0.481 e. The lowest BCUT2D eigenvalue weighted by Gasteiger charge is -2.31. The Morgan fingerprint density at radius 1 is 0.627 bits per heavy atom. The molecule has 2 rings (SSSR count). The van der Waals surface area contributed by atoms with Gasteiger partial charge in [0.05, 0.1) is 25.2 Å². The van der Waals surface area contributed by atoms with Crippen molar-refractivity contribution in [2.75, 3.05) is 26.2 Å². The van der Waals surface area contributed by atoms with E-state index in [1.54, 1.807) is 13.8 Å². The Morgan fingerprint density at radius 3 is 1.66 bits per heavy atom. The van der Waals surface area contributed by atoms with E-state index in [-0.39, 0.29) is 57.5 Å². The Kier molecular flexibility index (Phi) is 23.5. The molecule has 15 N–H and O–H groups in total. The molecule has 0 spiro atoms. The zero-order chi connectivity index (χ0) is 50.7. The molecule has 0 aromatic rings. The van der Waals surface area contributed by atoms with E-state index in [1.165, 1.54) is 11.8 Å². The van der Waals surface area contributed by atoms with Crippen LogP contribution in [0.15, 0.2) is 0 Å². The SMILES string of the molecule is CC(C)C[C@H](NC(=O)[C@@H](NC(=O)[C@@H](N)CCC(=O)O)[C@@H](C)O)C(=O)N[C@@H](CC(=O)O)C(=O)N1CCC[C@H]1C(=O)N[C@@H](CO)C(=O)N[C@@H](C)C(=O)N1CCC[C@H]1C(=O)N[C@@H](CCCCN)C(=O)O. The van der Waals surface area contributed by atoms with Gasteiger partial charge in [0.15, 0.2) is 0 Å². The van der Waals surface area contributed by atoms with Gasteiger partial charge in [-0.15, -0.1) is 0 Å². The van der Waals surface area contributed by atoms with Crippen molar-refractivity contribution >= 4 is 65.2 Å². The summed E-state index contributed by atoms with van der Waals surface area (Å²) >= 11 is 0. The van der Waals surface area contributed by atoms with Crippen LogP contribution in [-0.2, 0) is 52.7 Å². The van der Waals surface area contributed by atoms with Gasteiger partial charge < -0.3 is 78.7 Å². The molecular formula is C41H68N10O16. The first-order valence-corrected chi connectivity index (χ1v) is 22.3. The van der Waals surface area contributed by atoms with Gasteiger partial charge in [-0.3, -0.25) is 47.9 Å². The highest BCUT2D eigenvalue weighted by Crippen LogP contribution is 2.21. The highest BCUT2D eigenvalue weighted by Gasteiger charge is 2.42. The summed E-state index contributed by atoms with van der Waals surface area (Å²) in [4.78, 5) is 144. The number of nitrogens with one attached hydrogen (secondary N) is 6. The molecule has 0 aromatic heterocycles. The number of likely N-dealkylation sites (tertiary alicyclic amines) is 2. The summed E-state index contributed by atoms with van der Waals surface area (Å²) in [5.41, 5.74) is 11.2. The smallest absolute Gasteiger partial charge is 0.326 e. The molecule has 0 aromatic carbocycles. The first-order chi connectivity index (χ1) is 31.4. The molecule has 0 unspecified atom stereocenters. The molecule has 2 aliphatic heterocycles. The minimum absolute atomic E-state index is 0.0204. The average molecular weight is 957 g/mol. The number of aliphatic hydroxyl groups excluding tert-OH is 2. The van der Waals surface area contributed by atoms with Crippen molar-refractivity contribution in [1.29, 1.82) is 0 Å². The lowest BCUT2D eigenvalue weighted by Crippen LogP contribution is -2.61. The predicted molar refractivity (Wildman–Crippen MR) is 233 cm³/mol. The van der Waals surface area contributed by atoms with Crippen LogP contribution in [0.5, 0.6) is 0 Å². The van der Waals surface area contributed by atoms with E-state index in [1.807, 2.05) is 0 Å². The molecule has 2 aliphatic rings. The number of carbonyl (C=O) groups excluding carboxylic acids is 8. The zero-order valence-corrected chi connectivity index (χ0v) is 38.2. The largest absolute Gasteiger partial charge is 0.481 e. The third-order valence-electron chi connectivity index (χ3n) is 11.2. The van der Waals surface area contributed by atoms with E-state index in [0.717, 1.165) is 11.8 Å². The third kappa shape index (κ3) is 18.0. The quantitative estimate of drug-likeness (QED) is 0.0327. The highest BCUT2D eigenvalue weighted by molar-refractivity contribution is 5.99. The Balaban J connectivity index is 2.17. The molecule has 8 amide bonds. The van der Waals surface area contributed by atoms with Crippen LogP contribution in [0.25, 0.3) is 0 Å². The first-order valence-electron chi connectivity index (χ1n) is 22.3. The van der Waals surface area contributed by atoms with Crippen LogP contribution in [-0.4, -0.2) is 187 Å². The standard InChI is InChI=1S/C41H68N10O16/c1-20(2)17-25(46-38(63)32(22(4)53)49-33(58)23(43)12-13-30(54)55)34(59)47-26(18-31(56)57)40(65)51-16-8-11-29(51)37(62)48-27(19-52)35(60)44-21(3)39(64)50-15-7-10-28(50)36(61)45-24(41(66)67)9-5-6-14-42/h20-29,32,52-53H,5-19,42-43H2,1-4H3,(H,44,60)(H,45,61)(H,46,63)(H,47,59)(H,48,62)(H,49,58)(H,54,55)(H,56,57)(H,66,67)/t21-,22+,23-,24-,25-,26-,27-,28-,29-,32-/m0/s1. The maximum Gasteiger partial charge on any atom is 0.326 e. The average Bonchev–Trinajstić information content (AvgIpc) is 3.96. The Bertz CT molecular complexity index is 1800. The van der Waals surface area contributed by atoms with Gasteiger partial charge in [-0.1, -0.05) is 13.8 Å². The van der Waals surface area contributed by atoms with Crippen molar-refractivity contribution in [3.8, 4) is 0 Å². The van der Waals surface area contributed by atoms with E-state index < -0.39 is 145 Å². The number of carboxylic acids is 3. The van der Waals surface area contributed by atoms with Gasteiger partial charge >= 0.3 is 17.9 Å². The number of unbranched alkanes of at least 4 members (excludes halogenated alkanes) is 1. The van der Waals surface area contributed by atoms with Crippen molar-refractivity contribution in [3.05, 3.63) is 0 Å². The second-order valence-electron chi connectivity index (χ2n) is 17.2. The molecule has 0 bridgehead atoms. The summed E-state index contributed by atoms with van der Waals surface area (Å²) in [6.07, 6.45) is -1.32. The maximum absolute atomic E-state index is 14.0. The summed E-state index contributed by atoms with van der Waals surface area (Å²) in [6.45, 7) is 5.26. The van der Waals surface area contributed by atoms with Crippen molar-refractivity contribution < 1.29 is 78.3 Å². The van der Waals surface area contributed by atoms with Gasteiger partial charge in [-0.05, 0) is 84.1 Å². The fourth-order valence-electron chi connectivity index (χ4n) is 7.60. The molecule has 2 heterocycles. The van der Waals surface area contributed by atoms with Crippen LogP contribution >= 0.6 is 0 Å². The molecule has 26 heteroatoms. The van der Waals surface area contributed by atoms with Crippen LogP contribution in [0.3, 0.4) is 0 Å². The highest BCUT2D eigenvalue weighted by atomic mass is 16.4. The molecule has 26 nitrogen and oxygen atoms in total. The van der Waals surface area contributed by atoms with Gasteiger partial charge in [0.2, 0.25) is 47.3 Å². The molecule has 378 valence electrons.